The number of fused-ring (bicyclic) bond motifs is 1. The number of aromatic nitrogens is 1. The Balaban J connectivity index is 1.79. The number of amides is 3. The molecule has 4 atom stereocenters. The van der Waals surface area contributed by atoms with E-state index >= 15 is 0 Å². The van der Waals surface area contributed by atoms with Crippen LogP contribution in [-0.2, 0) is 25.6 Å². The summed E-state index contributed by atoms with van der Waals surface area (Å²) in [6.45, 7) is -0.239. The number of hydrogen-bond donors (Lipinski definition) is 8. The standard InChI is InChI=1S/C25H36N8O6/c26-16(6-3-9-29-25(27)28)21(35)31-18(11-14-12-30-17-7-2-1-5-15(14)17)23(37)33-10-4-8-20(33)22(36)32-19(13-34)24(38)39/h1-2,5,7,12,16,18-20,30,34H,3-4,6,8-11,13,26H2,(H,31,35)(H,32,36)(H,38,39)(H4,27,28,29). The molecule has 2 heterocycles. The lowest BCUT2D eigenvalue weighted by atomic mass is 10.0. The van der Waals surface area contributed by atoms with E-state index in [1.54, 1.807) is 6.20 Å². The zero-order valence-electron chi connectivity index (χ0n) is 21.5. The number of nitrogens with zero attached hydrogens (tertiary/aromatic N) is 2. The van der Waals surface area contributed by atoms with E-state index in [1.807, 2.05) is 24.3 Å². The smallest absolute Gasteiger partial charge is 0.328 e. The number of aliphatic hydroxyl groups is 1. The molecule has 1 fully saturated rings. The van der Waals surface area contributed by atoms with Gasteiger partial charge in [-0.3, -0.25) is 19.4 Å². The summed E-state index contributed by atoms with van der Waals surface area (Å²) in [5, 5.41) is 24.4. The van der Waals surface area contributed by atoms with Crippen LogP contribution in [0.3, 0.4) is 0 Å². The molecule has 1 saturated heterocycles. The number of para-hydroxylation sites is 1. The molecule has 4 unspecified atom stereocenters. The Morgan fingerprint density at radius 2 is 1.90 bits per heavy atom. The highest BCUT2D eigenvalue weighted by molar-refractivity contribution is 5.95. The van der Waals surface area contributed by atoms with Crippen molar-refractivity contribution in [3.8, 4) is 0 Å². The van der Waals surface area contributed by atoms with Crippen molar-refractivity contribution in [2.24, 2.45) is 22.2 Å². The van der Waals surface area contributed by atoms with E-state index in [-0.39, 0.29) is 25.3 Å². The lowest BCUT2D eigenvalue weighted by Crippen LogP contribution is -2.57. The number of aliphatic hydroxyl groups excluding tert-OH is 1. The fourth-order valence-electron chi connectivity index (χ4n) is 4.61. The van der Waals surface area contributed by atoms with Gasteiger partial charge in [-0.1, -0.05) is 18.2 Å². The largest absolute Gasteiger partial charge is 0.480 e. The minimum atomic E-state index is -1.49. The molecule has 3 amide bonds. The van der Waals surface area contributed by atoms with Gasteiger partial charge in [0, 0.05) is 36.6 Å². The number of carboxylic acid groups (broad SMARTS) is 1. The average Bonchev–Trinajstić information content (AvgIpc) is 3.56. The number of aliphatic imine (C=N–C) groups is 1. The van der Waals surface area contributed by atoms with Gasteiger partial charge in [0.05, 0.1) is 12.6 Å². The van der Waals surface area contributed by atoms with Crippen molar-refractivity contribution >= 4 is 40.6 Å². The van der Waals surface area contributed by atoms with Crippen molar-refractivity contribution in [1.29, 1.82) is 0 Å². The second-order valence-corrected chi connectivity index (χ2v) is 9.45. The molecule has 1 aliphatic heterocycles. The molecule has 39 heavy (non-hydrogen) atoms. The number of H-pyrrole nitrogens is 1. The Bertz CT molecular complexity index is 1210. The highest BCUT2D eigenvalue weighted by atomic mass is 16.4. The lowest BCUT2D eigenvalue weighted by molar-refractivity contribution is -0.145. The van der Waals surface area contributed by atoms with Crippen LogP contribution in [-0.4, -0.2) is 93.6 Å². The number of carboxylic acids is 1. The Kier molecular flexibility index (Phi) is 10.2. The van der Waals surface area contributed by atoms with Gasteiger partial charge in [-0.25, -0.2) is 4.79 Å². The molecule has 14 heteroatoms. The molecule has 1 aliphatic rings. The van der Waals surface area contributed by atoms with Crippen molar-refractivity contribution in [2.45, 2.75) is 56.3 Å². The number of carbonyl (C=O) groups excluding carboxylic acids is 3. The molecule has 0 bridgehead atoms. The molecule has 212 valence electrons. The van der Waals surface area contributed by atoms with Gasteiger partial charge >= 0.3 is 5.97 Å². The minimum Gasteiger partial charge on any atom is -0.480 e. The first-order chi connectivity index (χ1) is 18.6. The van der Waals surface area contributed by atoms with E-state index < -0.39 is 54.5 Å². The van der Waals surface area contributed by atoms with E-state index in [0.29, 0.717) is 25.8 Å². The molecule has 14 nitrogen and oxygen atoms in total. The third-order valence-corrected chi connectivity index (χ3v) is 6.65. The van der Waals surface area contributed by atoms with Gasteiger partial charge in [-0.05, 0) is 37.3 Å². The summed E-state index contributed by atoms with van der Waals surface area (Å²) < 4.78 is 0. The monoisotopic (exact) mass is 544 g/mol. The van der Waals surface area contributed by atoms with E-state index in [0.717, 1.165) is 16.5 Å². The molecule has 11 N–H and O–H groups in total. The first kappa shape index (κ1) is 29.4. The van der Waals surface area contributed by atoms with Gasteiger partial charge in [-0.2, -0.15) is 0 Å². The number of guanidine groups is 1. The maximum absolute atomic E-state index is 13.8. The zero-order valence-corrected chi connectivity index (χ0v) is 21.5. The van der Waals surface area contributed by atoms with Crippen molar-refractivity contribution in [2.75, 3.05) is 19.7 Å². The zero-order chi connectivity index (χ0) is 28.5. The molecule has 3 rings (SSSR count). The number of nitrogens with two attached hydrogens (primary N) is 3. The molecule has 1 aromatic heterocycles. The molecule has 0 saturated carbocycles. The number of hydrogen-bond acceptors (Lipinski definition) is 7. The highest BCUT2D eigenvalue weighted by Crippen LogP contribution is 2.23. The number of likely N-dealkylation sites (tertiary alicyclic amines) is 1. The van der Waals surface area contributed by atoms with E-state index in [9.17, 15) is 29.4 Å². The van der Waals surface area contributed by atoms with Gasteiger partial charge in [0.2, 0.25) is 17.7 Å². The van der Waals surface area contributed by atoms with Crippen molar-refractivity contribution in [3.05, 3.63) is 36.0 Å². The Morgan fingerprint density at radius 3 is 2.59 bits per heavy atom. The van der Waals surface area contributed by atoms with E-state index in [1.165, 1.54) is 4.90 Å². The van der Waals surface area contributed by atoms with Gasteiger partial charge in [0.1, 0.15) is 18.1 Å². The number of aliphatic carboxylic acids is 1. The maximum Gasteiger partial charge on any atom is 0.328 e. The van der Waals surface area contributed by atoms with Gasteiger partial charge < -0.3 is 47.9 Å². The van der Waals surface area contributed by atoms with Gasteiger partial charge in [-0.15, -0.1) is 0 Å². The first-order valence-electron chi connectivity index (χ1n) is 12.7. The quantitative estimate of drug-likeness (QED) is 0.0798. The maximum atomic E-state index is 13.8. The predicted octanol–water partition coefficient (Wildman–Crippen LogP) is -1.87. The second-order valence-electron chi connectivity index (χ2n) is 9.45. The Labute approximate surface area is 225 Å². The molecule has 0 spiro atoms. The van der Waals surface area contributed by atoms with Gasteiger partial charge in [0.15, 0.2) is 5.96 Å². The molecule has 0 radical (unpaired) electrons. The average molecular weight is 545 g/mol. The first-order valence-corrected chi connectivity index (χ1v) is 12.7. The molecule has 0 aliphatic carbocycles. The third kappa shape index (κ3) is 7.67. The molecule has 2 aromatic rings. The van der Waals surface area contributed by atoms with E-state index in [2.05, 4.69) is 20.6 Å². The molecular formula is C25H36N8O6. The van der Waals surface area contributed by atoms with Crippen molar-refractivity contribution in [3.63, 3.8) is 0 Å². The normalized spacial score (nSPS) is 17.3. The Hall–Kier alpha value is -4.17. The topological polar surface area (TPSA) is 242 Å². The number of aromatic amines is 1. The van der Waals surface area contributed by atoms with Crippen LogP contribution < -0.4 is 27.8 Å². The number of carbonyl (C=O) groups is 4. The van der Waals surface area contributed by atoms with Crippen LogP contribution in [0.15, 0.2) is 35.5 Å². The summed E-state index contributed by atoms with van der Waals surface area (Å²) in [5.41, 5.74) is 18.4. The van der Waals surface area contributed by atoms with Crippen LogP contribution in [0.2, 0.25) is 0 Å². The van der Waals surface area contributed by atoms with Crippen LogP contribution >= 0.6 is 0 Å². The predicted molar refractivity (Wildman–Crippen MR) is 143 cm³/mol. The van der Waals surface area contributed by atoms with Crippen LogP contribution in [0.5, 0.6) is 0 Å². The second kappa shape index (κ2) is 13.6. The summed E-state index contributed by atoms with van der Waals surface area (Å²) in [7, 11) is 0. The van der Waals surface area contributed by atoms with Crippen LogP contribution in [0.1, 0.15) is 31.2 Å². The highest BCUT2D eigenvalue weighted by Gasteiger charge is 2.39. The fraction of sp³-hybridized carbons (Fsp3) is 0.480. The fourth-order valence-corrected chi connectivity index (χ4v) is 4.61. The molecule has 1 aromatic carbocycles. The summed E-state index contributed by atoms with van der Waals surface area (Å²) in [5.74, 6) is -3.16. The van der Waals surface area contributed by atoms with Crippen molar-refractivity contribution in [1.82, 2.24) is 20.5 Å². The SMILES string of the molecule is NC(N)=NCCCC(N)C(=O)NC(Cc1c[nH]c2ccccc12)C(=O)N1CCCC1C(=O)NC(CO)C(=O)O. The minimum absolute atomic E-state index is 0.0599. The summed E-state index contributed by atoms with van der Waals surface area (Å²) in [6.07, 6.45) is 3.46. The Morgan fingerprint density at radius 1 is 1.15 bits per heavy atom. The van der Waals surface area contributed by atoms with Crippen molar-refractivity contribution < 1.29 is 29.4 Å². The summed E-state index contributed by atoms with van der Waals surface area (Å²) in [4.78, 5) is 59.2. The third-order valence-electron chi connectivity index (χ3n) is 6.65. The number of nitrogens with one attached hydrogen (secondary N) is 3. The number of benzene rings is 1. The van der Waals surface area contributed by atoms with Gasteiger partial charge in [0.25, 0.3) is 0 Å². The summed E-state index contributed by atoms with van der Waals surface area (Å²) in [6, 6.07) is 3.13. The number of rotatable bonds is 13. The molecular weight excluding hydrogens is 508 g/mol. The van der Waals surface area contributed by atoms with Crippen LogP contribution in [0.4, 0.5) is 0 Å². The van der Waals surface area contributed by atoms with Crippen LogP contribution in [0.25, 0.3) is 10.9 Å². The van der Waals surface area contributed by atoms with Crippen LogP contribution in [0, 0.1) is 0 Å². The van der Waals surface area contributed by atoms with E-state index in [4.69, 9.17) is 17.2 Å². The lowest BCUT2D eigenvalue weighted by Gasteiger charge is -2.30. The summed E-state index contributed by atoms with van der Waals surface area (Å²) >= 11 is 0.